The Balaban J connectivity index is 2.93. The van der Waals surface area contributed by atoms with E-state index in [-0.39, 0.29) is 13.2 Å². The van der Waals surface area contributed by atoms with Gasteiger partial charge in [0.2, 0.25) is 0 Å². The zero-order valence-corrected chi connectivity index (χ0v) is 13.7. The van der Waals surface area contributed by atoms with Crippen molar-refractivity contribution in [3.8, 4) is 0 Å². The zero-order chi connectivity index (χ0) is 16.2. The molecule has 0 fully saturated rings. The van der Waals surface area contributed by atoms with Crippen LogP contribution in [0.2, 0.25) is 10.0 Å². The Hall–Kier alpha value is -1.01. The van der Waals surface area contributed by atoms with E-state index in [1.54, 1.807) is 26.0 Å². The Morgan fingerprint density at radius 3 is 2.48 bits per heavy atom. The van der Waals surface area contributed by atoms with E-state index in [1.807, 2.05) is 6.92 Å². The van der Waals surface area contributed by atoms with Crippen molar-refractivity contribution < 1.29 is 15.0 Å². The molecular weight excluding hydrogens is 315 g/mol. The van der Waals surface area contributed by atoms with Gasteiger partial charge in [-0.25, -0.2) is 4.79 Å². The molecule has 0 saturated heterocycles. The Bertz CT molecular complexity index is 509. The average Bonchev–Trinajstić information content (AvgIpc) is 2.41. The van der Waals surface area contributed by atoms with Gasteiger partial charge in [0.15, 0.2) is 0 Å². The maximum atomic E-state index is 12.3. The molecule has 7 heteroatoms. The molecule has 21 heavy (non-hydrogen) atoms. The highest BCUT2D eigenvalue weighted by Crippen LogP contribution is 2.29. The number of urea groups is 1. The minimum absolute atomic E-state index is 0.102. The number of amides is 2. The van der Waals surface area contributed by atoms with E-state index in [1.165, 1.54) is 4.90 Å². The molecule has 1 rings (SSSR count). The molecule has 2 atom stereocenters. The number of halogens is 2. The molecule has 0 aliphatic carbocycles. The number of aliphatic hydroxyl groups is 2. The number of aliphatic hydroxyl groups excluding tert-OH is 2. The van der Waals surface area contributed by atoms with Crippen molar-refractivity contribution in [3.63, 3.8) is 0 Å². The van der Waals surface area contributed by atoms with Crippen LogP contribution >= 0.6 is 23.2 Å². The molecule has 0 saturated carbocycles. The van der Waals surface area contributed by atoms with E-state index in [9.17, 15) is 15.0 Å². The van der Waals surface area contributed by atoms with Crippen LogP contribution in [0.25, 0.3) is 0 Å². The molecule has 5 nitrogen and oxygen atoms in total. The first-order valence-corrected chi connectivity index (χ1v) is 7.34. The van der Waals surface area contributed by atoms with Crippen molar-refractivity contribution in [2.75, 3.05) is 18.5 Å². The standard InChI is InChI=1S/C14H20Cl2N2O3/c1-8-4-12(16)13(5-11(8)15)17-14(21)18(6-10(3)20)9(2)7-19/h4-5,9-10,19-20H,6-7H2,1-3H3,(H,17,21)/t9-,10+/m0/s1. The summed E-state index contributed by atoms with van der Waals surface area (Å²) in [5, 5.41) is 22.2. The molecule has 1 aromatic carbocycles. The number of hydrogen-bond acceptors (Lipinski definition) is 3. The van der Waals surface area contributed by atoms with Crippen LogP contribution in [0.5, 0.6) is 0 Å². The Morgan fingerprint density at radius 1 is 1.33 bits per heavy atom. The maximum Gasteiger partial charge on any atom is 0.322 e. The number of rotatable bonds is 5. The first-order valence-electron chi connectivity index (χ1n) is 6.58. The molecule has 0 heterocycles. The monoisotopic (exact) mass is 334 g/mol. The average molecular weight is 335 g/mol. The Labute approximate surface area is 134 Å². The molecule has 0 bridgehead atoms. The van der Waals surface area contributed by atoms with E-state index in [0.717, 1.165) is 5.56 Å². The number of carbonyl (C=O) groups is 1. The second-order valence-corrected chi connectivity index (χ2v) is 5.86. The first kappa shape index (κ1) is 18.0. The fourth-order valence-corrected chi connectivity index (χ4v) is 2.20. The summed E-state index contributed by atoms with van der Waals surface area (Å²) >= 11 is 12.1. The van der Waals surface area contributed by atoms with Gasteiger partial charge in [0, 0.05) is 11.6 Å². The molecule has 1 aromatic rings. The quantitative estimate of drug-likeness (QED) is 0.775. The van der Waals surface area contributed by atoms with Crippen molar-refractivity contribution >= 4 is 34.9 Å². The van der Waals surface area contributed by atoms with Crippen LogP contribution in [0.3, 0.4) is 0 Å². The second kappa shape index (κ2) is 7.84. The summed E-state index contributed by atoms with van der Waals surface area (Å²) in [6.45, 7) is 4.96. The van der Waals surface area contributed by atoms with E-state index in [0.29, 0.717) is 15.7 Å². The van der Waals surface area contributed by atoms with Gasteiger partial charge in [-0.1, -0.05) is 23.2 Å². The molecule has 0 spiro atoms. The molecule has 0 aliphatic heterocycles. The first-order chi connectivity index (χ1) is 9.76. The highest BCUT2D eigenvalue weighted by atomic mass is 35.5. The third-order valence-corrected chi connectivity index (χ3v) is 3.73. The molecule has 0 aromatic heterocycles. The SMILES string of the molecule is Cc1cc(Cl)c(NC(=O)N(C[C@@H](C)O)[C@@H](C)CO)cc1Cl. The predicted molar refractivity (Wildman–Crippen MR) is 85.2 cm³/mol. The van der Waals surface area contributed by atoms with Gasteiger partial charge in [-0.3, -0.25) is 0 Å². The summed E-state index contributed by atoms with van der Waals surface area (Å²) in [4.78, 5) is 13.6. The van der Waals surface area contributed by atoms with Crippen LogP contribution in [0.1, 0.15) is 19.4 Å². The number of hydrogen-bond donors (Lipinski definition) is 3. The van der Waals surface area contributed by atoms with Crippen molar-refractivity contribution in [2.45, 2.75) is 32.9 Å². The van der Waals surface area contributed by atoms with Crippen LogP contribution in [0.4, 0.5) is 10.5 Å². The lowest BCUT2D eigenvalue weighted by atomic mass is 10.2. The van der Waals surface area contributed by atoms with Gasteiger partial charge < -0.3 is 20.4 Å². The molecule has 2 amide bonds. The fraction of sp³-hybridized carbons (Fsp3) is 0.500. The van der Waals surface area contributed by atoms with Gasteiger partial charge in [0.05, 0.1) is 29.5 Å². The topological polar surface area (TPSA) is 72.8 Å². The van der Waals surface area contributed by atoms with Gasteiger partial charge in [0.25, 0.3) is 0 Å². The largest absolute Gasteiger partial charge is 0.394 e. The number of nitrogens with one attached hydrogen (secondary N) is 1. The Kier molecular flexibility index (Phi) is 6.74. The molecule has 118 valence electrons. The number of benzene rings is 1. The van der Waals surface area contributed by atoms with Crippen molar-refractivity contribution in [3.05, 3.63) is 27.7 Å². The second-order valence-electron chi connectivity index (χ2n) is 5.04. The number of carbonyl (C=O) groups excluding carboxylic acids is 1. The molecule has 0 unspecified atom stereocenters. The van der Waals surface area contributed by atoms with Gasteiger partial charge in [-0.15, -0.1) is 0 Å². The van der Waals surface area contributed by atoms with Crippen LogP contribution in [-0.2, 0) is 0 Å². The van der Waals surface area contributed by atoms with Crippen LogP contribution < -0.4 is 5.32 Å². The minimum atomic E-state index is -0.707. The lowest BCUT2D eigenvalue weighted by molar-refractivity contribution is 0.0995. The summed E-state index contributed by atoms with van der Waals surface area (Å²) < 4.78 is 0. The van der Waals surface area contributed by atoms with Crippen LogP contribution in [0.15, 0.2) is 12.1 Å². The molecule has 0 aliphatic rings. The molecular formula is C14H20Cl2N2O3. The number of nitrogens with zero attached hydrogens (tertiary/aromatic N) is 1. The van der Waals surface area contributed by atoms with Gasteiger partial charge >= 0.3 is 6.03 Å². The summed E-state index contributed by atoms with van der Waals surface area (Å²) in [6, 6.07) is 2.34. The summed E-state index contributed by atoms with van der Waals surface area (Å²) in [6.07, 6.45) is -0.707. The van der Waals surface area contributed by atoms with E-state index in [4.69, 9.17) is 23.2 Å². The fourth-order valence-electron chi connectivity index (χ4n) is 1.78. The zero-order valence-electron chi connectivity index (χ0n) is 12.2. The smallest absolute Gasteiger partial charge is 0.322 e. The normalized spacial score (nSPS) is 13.7. The third-order valence-electron chi connectivity index (χ3n) is 3.01. The van der Waals surface area contributed by atoms with E-state index in [2.05, 4.69) is 5.32 Å². The molecule has 3 N–H and O–H groups in total. The maximum absolute atomic E-state index is 12.3. The van der Waals surface area contributed by atoms with Crippen LogP contribution in [-0.4, -0.2) is 46.4 Å². The number of anilines is 1. The van der Waals surface area contributed by atoms with Crippen LogP contribution in [0, 0.1) is 6.92 Å². The number of aryl methyl sites for hydroxylation is 1. The molecule has 0 radical (unpaired) electrons. The summed E-state index contributed by atoms with van der Waals surface area (Å²) in [5.41, 5.74) is 1.20. The summed E-state index contributed by atoms with van der Waals surface area (Å²) in [5.74, 6) is 0. The van der Waals surface area contributed by atoms with Crippen molar-refractivity contribution in [1.29, 1.82) is 0 Å². The Morgan fingerprint density at radius 2 is 1.95 bits per heavy atom. The van der Waals surface area contributed by atoms with E-state index >= 15 is 0 Å². The van der Waals surface area contributed by atoms with E-state index < -0.39 is 18.2 Å². The van der Waals surface area contributed by atoms with Gasteiger partial charge in [-0.05, 0) is 38.5 Å². The lowest BCUT2D eigenvalue weighted by Gasteiger charge is -2.29. The van der Waals surface area contributed by atoms with Gasteiger partial charge in [-0.2, -0.15) is 0 Å². The minimum Gasteiger partial charge on any atom is -0.394 e. The highest BCUT2D eigenvalue weighted by Gasteiger charge is 2.22. The van der Waals surface area contributed by atoms with Crippen molar-refractivity contribution in [2.24, 2.45) is 0 Å². The predicted octanol–water partition coefficient (Wildman–Crippen LogP) is 2.90. The lowest BCUT2D eigenvalue weighted by Crippen LogP contribution is -2.46. The van der Waals surface area contributed by atoms with Gasteiger partial charge in [0.1, 0.15) is 0 Å². The summed E-state index contributed by atoms with van der Waals surface area (Å²) in [7, 11) is 0. The highest BCUT2D eigenvalue weighted by molar-refractivity contribution is 6.36. The van der Waals surface area contributed by atoms with Crippen molar-refractivity contribution in [1.82, 2.24) is 4.90 Å². The third kappa shape index (κ3) is 5.04.